The van der Waals surface area contributed by atoms with Gasteiger partial charge in [-0.3, -0.25) is 19.4 Å². The maximum Gasteiger partial charge on any atom is 0.255 e. The molecular formula is C27H34N6O3. The van der Waals surface area contributed by atoms with Crippen LogP contribution < -0.4 is 15.5 Å². The third-order valence-corrected chi connectivity index (χ3v) is 7.42. The summed E-state index contributed by atoms with van der Waals surface area (Å²) >= 11 is 0. The van der Waals surface area contributed by atoms with Crippen LogP contribution in [0.25, 0.3) is 0 Å². The molecule has 1 aromatic heterocycles. The van der Waals surface area contributed by atoms with Gasteiger partial charge in [-0.05, 0) is 56.1 Å². The molecule has 2 aromatic rings. The number of nitrogens with one attached hydrogen (secondary N) is 2. The molecule has 1 aromatic carbocycles. The van der Waals surface area contributed by atoms with Gasteiger partial charge in [-0.1, -0.05) is 6.42 Å². The molecule has 3 amide bonds. The second-order valence-corrected chi connectivity index (χ2v) is 9.77. The van der Waals surface area contributed by atoms with Crippen LogP contribution in [0.5, 0.6) is 0 Å². The van der Waals surface area contributed by atoms with Crippen LogP contribution in [-0.4, -0.2) is 84.9 Å². The van der Waals surface area contributed by atoms with Gasteiger partial charge in [0.05, 0.1) is 16.9 Å². The predicted octanol–water partition coefficient (Wildman–Crippen LogP) is 2.22. The Morgan fingerprint density at radius 2 is 1.64 bits per heavy atom. The van der Waals surface area contributed by atoms with Crippen molar-refractivity contribution in [2.45, 2.75) is 25.7 Å². The molecule has 1 saturated carbocycles. The number of nitrogens with zero attached hydrogens (tertiary/aromatic N) is 4. The Morgan fingerprint density at radius 1 is 0.861 bits per heavy atom. The second kappa shape index (κ2) is 11.1. The number of anilines is 2. The van der Waals surface area contributed by atoms with Crippen LogP contribution in [0.2, 0.25) is 0 Å². The summed E-state index contributed by atoms with van der Waals surface area (Å²) in [5, 5.41) is 6.46. The highest BCUT2D eigenvalue weighted by Gasteiger charge is 2.28. The van der Waals surface area contributed by atoms with E-state index in [0.29, 0.717) is 49.5 Å². The molecule has 0 bridgehead atoms. The SMILES string of the molecule is O=C(Nc1cc(C(=O)N2CCCNCC2)ccc1N1CCN(C(=O)c2cccnc2)CC1)C1CCC1. The lowest BCUT2D eigenvalue weighted by atomic mass is 9.85. The van der Waals surface area contributed by atoms with Crippen molar-refractivity contribution in [3.05, 3.63) is 53.9 Å². The third kappa shape index (κ3) is 5.36. The molecule has 0 spiro atoms. The zero-order chi connectivity index (χ0) is 24.9. The lowest BCUT2D eigenvalue weighted by Crippen LogP contribution is -2.49. The highest BCUT2D eigenvalue weighted by atomic mass is 16.2. The average molecular weight is 491 g/mol. The molecule has 3 aliphatic rings. The molecular weight excluding hydrogens is 456 g/mol. The van der Waals surface area contributed by atoms with Crippen molar-refractivity contribution >= 4 is 29.1 Å². The summed E-state index contributed by atoms with van der Waals surface area (Å²) in [4.78, 5) is 48.9. The topological polar surface area (TPSA) is 97.9 Å². The number of rotatable bonds is 5. The van der Waals surface area contributed by atoms with E-state index in [4.69, 9.17) is 0 Å². The fourth-order valence-electron chi connectivity index (χ4n) is 5.00. The number of benzene rings is 1. The Hall–Kier alpha value is -3.46. The van der Waals surface area contributed by atoms with Crippen LogP contribution in [0, 0.1) is 5.92 Å². The standard InChI is InChI=1S/C27H34N6O3/c34-25(20-4-1-5-20)30-23-18-21(26(35)32-12-3-10-28-11-13-32)7-8-24(23)31-14-16-33(17-15-31)27(36)22-6-2-9-29-19-22/h2,6-9,18-20,28H,1,3-5,10-17H2,(H,30,34). The first-order valence-electron chi connectivity index (χ1n) is 13.0. The van der Waals surface area contributed by atoms with Crippen LogP contribution in [0.4, 0.5) is 11.4 Å². The van der Waals surface area contributed by atoms with Crippen LogP contribution in [0.3, 0.4) is 0 Å². The van der Waals surface area contributed by atoms with Gasteiger partial charge < -0.3 is 25.3 Å². The van der Waals surface area contributed by atoms with Crippen LogP contribution in [0.1, 0.15) is 46.4 Å². The van der Waals surface area contributed by atoms with Gasteiger partial charge in [-0.25, -0.2) is 0 Å². The van der Waals surface area contributed by atoms with Crippen LogP contribution >= 0.6 is 0 Å². The van der Waals surface area contributed by atoms with Gasteiger partial charge in [0.2, 0.25) is 5.91 Å². The Labute approximate surface area is 211 Å². The second-order valence-electron chi connectivity index (χ2n) is 9.77. The summed E-state index contributed by atoms with van der Waals surface area (Å²) in [5.74, 6) is 0.0460. The predicted molar refractivity (Wildman–Crippen MR) is 138 cm³/mol. The molecule has 9 heteroatoms. The minimum absolute atomic E-state index is 0.00344. The molecule has 0 atom stereocenters. The molecule has 36 heavy (non-hydrogen) atoms. The number of carbonyl (C=O) groups is 3. The molecule has 2 N–H and O–H groups in total. The Bertz CT molecular complexity index is 1090. The van der Waals surface area contributed by atoms with Crippen LogP contribution in [-0.2, 0) is 4.79 Å². The fraction of sp³-hybridized carbons (Fsp3) is 0.481. The number of amides is 3. The number of carbonyl (C=O) groups excluding carboxylic acids is 3. The number of pyridine rings is 1. The summed E-state index contributed by atoms with van der Waals surface area (Å²) in [6.45, 7) is 5.54. The van der Waals surface area contributed by atoms with Crippen molar-refractivity contribution in [3.8, 4) is 0 Å². The zero-order valence-electron chi connectivity index (χ0n) is 20.6. The molecule has 2 aliphatic heterocycles. The molecule has 3 heterocycles. The monoisotopic (exact) mass is 490 g/mol. The minimum atomic E-state index is -0.0193. The summed E-state index contributed by atoms with van der Waals surface area (Å²) in [6.07, 6.45) is 7.09. The van der Waals surface area contributed by atoms with Crippen molar-refractivity contribution in [2.24, 2.45) is 5.92 Å². The van der Waals surface area contributed by atoms with E-state index < -0.39 is 0 Å². The van der Waals surface area contributed by atoms with Crippen LogP contribution in [0.15, 0.2) is 42.7 Å². The Balaban J connectivity index is 1.33. The Morgan fingerprint density at radius 3 is 2.36 bits per heavy atom. The van der Waals surface area contributed by atoms with E-state index in [2.05, 4.69) is 20.5 Å². The van der Waals surface area contributed by atoms with Gasteiger partial charge in [0.1, 0.15) is 0 Å². The zero-order valence-corrected chi connectivity index (χ0v) is 20.6. The molecule has 0 radical (unpaired) electrons. The Kier molecular flexibility index (Phi) is 7.46. The smallest absolute Gasteiger partial charge is 0.255 e. The molecule has 190 valence electrons. The van der Waals surface area contributed by atoms with E-state index in [1.54, 1.807) is 24.5 Å². The van der Waals surface area contributed by atoms with Gasteiger partial charge in [-0.2, -0.15) is 0 Å². The third-order valence-electron chi connectivity index (χ3n) is 7.42. The number of hydrogen-bond donors (Lipinski definition) is 2. The largest absolute Gasteiger partial charge is 0.366 e. The van der Waals surface area contributed by atoms with E-state index in [0.717, 1.165) is 51.0 Å². The molecule has 1 aliphatic carbocycles. The van der Waals surface area contributed by atoms with E-state index in [1.165, 1.54) is 0 Å². The molecule has 5 rings (SSSR count). The van der Waals surface area contributed by atoms with Gasteiger partial charge in [-0.15, -0.1) is 0 Å². The van der Waals surface area contributed by atoms with E-state index >= 15 is 0 Å². The number of piperazine rings is 1. The highest BCUT2D eigenvalue weighted by molar-refractivity contribution is 6.01. The minimum Gasteiger partial charge on any atom is -0.366 e. The van der Waals surface area contributed by atoms with Gasteiger partial charge >= 0.3 is 0 Å². The van der Waals surface area contributed by atoms with Crippen molar-refractivity contribution in [1.29, 1.82) is 0 Å². The fourth-order valence-corrected chi connectivity index (χ4v) is 5.00. The summed E-state index contributed by atoms with van der Waals surface area (Å²) in [7, 11) is 0. The molecule has 0 unspecified atom stereocenters. The van der Waals surface area contributed by atoms with E-state index in [-0.39, 0.29) is 23.6 Å². The summed E-state index contributed by atoms with van der Waals surface area (Å²) in [6, 6.07) is 9.19. The molecule has 2 saturated heterocycles. The van der Waals surface area contributed by atoms with E-state index in [9.17, 15) is 14.4 Å². The first-order chi connectivity index (χ1) is 17.6. The summed E-state index contributed by atoms with van der Waals surface area (Å²) in [5.41, 5.74) is 2.75. The van der Waals surface area contributed by atoms with E-state index in [1.807, 2.05) is 28.0 Å². The first kappa shape index (κ1) is 24.2. The lowest BCUT2D eigenvalue weighted by molar-refractivity contribution is -0.122. The number of aromatic nitrogens is 1. The van der Waals surface area contributed by atoms with Gasteiger partial charge in [0.25, 0.3) is 11.8 Å². The van der Waals surface area contributed by atoms with Crippen molar-refractivity contribution < 1.29 is 14.4 Å². The first-order valence-corrected chi connectivity index (χ1v) is 13.0. The molecule has 3 fully saturated rings. The number of hydrogen-bond acceptors (Lipinski definition) is 6. The molecule has 9 nitrogen and oxygen atoms in total. The maximum atomic E-state index is 13.3. The van der Waals surface area contributed by atoms with Crippen molar-refractivity contribution in [2.75, 3.05) is 62.6 Å². The lowest BCUT2D eigenvalue weighted by Gasteiger charge is -2.37. The normalized spacial score (nSPS) is 18.8. The van der Waals surface area contributed by atoms with Gasteiger partial charge in [0, 0.05) is 69.7 Å². The quantitative estimate of drug-likeness (QED) is 0.667. The van der Waals surface area contributed by atoms with Crippen molar-refractivity contribution in [1.82, 2.24) is 20.1 Å². The highest BCUT2D eigenvalue weighted by Crippen LogP contribution is 2.32. The van der Waals surface area contributed by atoms with Crippen molar-refractivity contribution in [3.63, 3.8) is 0 Å². The van der Waals surface area contributed by atoms with Gasteiger partial charge in [0.15, 0.2) is 0 Å². The summed E-state index contributed by atoms with van der Waals surface area (Å²) < 4.78 is 0. The average Bonchev–Trinajstić information content (AvgIpc) is 3.17. The maximum absolute atomic E-state index is 13.3.